The van der Waals surface area contributed by atoms with Gasteiger partial charge in [-0.1, -0.05) is 103 Å². The fraction of sp³-hybridized carbons (Fsp3) is 0. The molecule has 0 unspecified atom stereocenters. The van der Waals surface area contributed by atoms with Crippen LogP contribution in [0.2, 0.25) is 0 Å². The first-order chi connectivity index (χ1) is 23.7. The monoisotopic (exact) mass is 615 g/mol. The van der Waals surface area contributed by atoms with Crippen LogP contribution >= 0.6 is 0 Å². The van der Waals surface area contributed by atoms with E-state index in [2.05, 4.69) is 97.1 Å². The van der Waals surface area contributed by atoms with Crippen LogP contribution in [0, 0.1) is 0 Å². The number of para-hydroxylation sites is 2. The molecule has 224 valence electrons. The van der Waals surface area contributed by atoms with Crippen molar-refractivity contribution in [2.75, 3.05) is 0 Å². The summed E-state index contributed by atoms with van der Waals surface area (Å²) < 4.78 is 12.3. The van der Waals surface area contributed by atoms with Crippen molar-refractivity contribution in [1.29, 1.82) is 0 Å². The average molecular weight is 616 g/mol. The molecule has 5 nitrogen and oxygen atoms in total. The minimum Gasteiger partial charge on any atom is -0.456 e. The Morgan fingerprint density at radius 2 is 0.792 bits per heavy atom. The second kappa shape index (κ2) is 10.5. The van der Waals surface area contributed by atoms with E-state index in [4.69, 9.17) is 23.8 Å². The normalized spacial score (nSPS) is 11.8. The molecule has 7 aromatic carbocycles. The fourth-order valence-electron chi connectivity index (χ4n) is 6.67. The Kier molecular flexibility index (Phi) is 5.81. The van der Waals surface area contributed by atoms with Gasteiger partial charge in [-0.05, 0) is 70.4 Å². The largest absolute Gasteiger partial charge is 0.456 e. The van der Waals surface area contributed by atoms with Gasteiger partial charge in [0.25, 0.3) is 0 Å². The van der Waals surface area contributed by atoms with Gasteiger partial charge in [-0.2, -0.15) is 0 Å². The zero-order valence-electron chi connectivity index (χ0n) is 25.6. The highest BCUT2D eigenvalue weighted by atomic mass is 16.3. The van der Waals surface area contributed by atoms with Crippen molar-refractivity contribution in [3.8, 4) is 45.3 Å². The lowest BCUT2D eigenvalue weighted by molar-refractivity contribution is 0.668. The van der Waals surface area contributed by atoms with E-state index in [1.54, 1.807) is 0 Å². The third-order valence-electron chi connectivity index (χ3n) is 9.13. The van der Waals surface area contributed by atoms with Crippen LogP contribution < -0.4 is 0 Å². The van der Waals surface area contributed by atoms with Crippen LogP contribution in [-0.4, -0.2) is 15.0 Å². The summed E-state index contributed by atoms with van der Waals surface area (Å²) in [6, 6.07) is 51.9. The summed E-state index contributed by atoms with van der Waals surface area (Å²) in [6.45, 7) is 0. The van der Waals surface area contributed by atoms with Crippen molar-refractivity contribution in [3.63, 3.8) is 0 Å². The van der Waals surface area contributed by atoms with Crippen molar-refractivity contribution >= 4 is 54.6 Å². The molecule has 0 aliphatic carbocycles. The molecule has 3 aromatic heterocycles. The van der Waals surface area contributed by atoms with Crippen LogP contribution in [-0.2, 0) is 0 Å². The maximum absolute atomic E-state index is 6.22. The van der Waals surface area contributed by atoms with Gasteiger partial charge in [0.2, 0.25) is 0 Å². The van der Waals surface area contributed by atoms with Crippen molar-refractivity contribution < 1.29 is 8.83 Å². The van der Waals surface area contributed by atoms with Gasteiger partial charge in [0.1, 0.15) is 22.3 Å². The molecule has 0 bridgehead atoms. The van der Waals surface area contributed by atoms with Gasteiger partial charge >= 0.3 is 0 Å². The second-order valence-electron chi connectivity index (χ2n) is 12.1. The zero-order valence-corrected chi connectivity index (χ0v) is 25.6. The number of nitrogens with zero attached hydrogens (tertiary/aromatic N) is 3. The van der Waals surface area contributed by atoms with Gasteiger partial charge < -0.3 is 8.83 Å². The number of rotatable bonds is 4. The van der Waals surface area contributed by atoms with E-state index in [1.165, 1.54) is 10.8 Å². The minimum absolute atomic E-state index is 0.577. The Bertz CT molecular complexity index is 2850. The highest BCUT2D eigenvalue weighted by Crippen LogP contribution is 2.35. The molecule has 10 aromatic rings. The lowest BCUT2D eigenvalue weighted by Crippen LogP contribution is -2.00. The highest BCUT2D eigenvalue weighted by molar-refractivity contribution is 6.07. The van der Waals surface area contributed by atoms with Crippen molar-refractivity contribution in [3.05, 3.63) is 152 Å². The molecule has 0 radical (unpaired) electrons. The van der Waals surface area contributed by atoms with E-state index < -0.39 is 0 Å². The molecule has 5 heteroatoms. The number of benzene rings is 7. The number of fused-ring (bicyclic) bond motifs is 7. The predicted molar refractivity (Wildman–Crippen MR) is 194 cm³/mol. The Morgan fingerprint density at radius 3 is 1.56 bits per heavy atom. The predicted octanol–water partition coefficient (Wildman–Crippen LogP) is 11.5. The molecule has 0 saturated carbocycles. The quantitative estimate of drug-likeness (QED) is 0.197. The summed E-state index contributed by atoms with van der Waals surface area (Å²) in [5, 5.41) is 6.67. The van der Waals surface area contributed by atoms with Crippen molar-refractivity contribution in [2.45, 2.75) is 0 Å². The third-order valence-corrected chi connectivity index (χ3v) is 9.13. The van der Waals surface area contributed by atoms with Crippen LogP contribution in [0.15, 0.2) is 160 Å². The average Bonchev–Trinajstić information content (AvgIpc) is 3.72. The Balaban J connectivity index is 1.12. The van der Waals surface area contributed by atoms with Gasteiger partial charge in [0.15, 0.2) is 17.5 Å². The maximum atomic E-state index is 6.22. The highest BCUT2D eigenvalue weighted by Gasteiger charge is 2.16. The molecule has 3 heterocycles. The van der Waals surface area contributed by atoms with E-state index >= 15 is 0 Å². The smallest absolute Gasteiger partial charge is 0.164 e. The summed E-state index contributed by atoms with van der Waals surface area (Å²) in [7, 11) is 0. The molecule has 0 N–H and O–H groups in total. The third kappa shape index (κ3) is 4.37. The number of aromatic nitrogens is 3. The summed E-state index contributed by atoms with van der Waals surface area (Å²) in [4.78, 5) is 15.1. The molecule has 0 atom stereocenters. The van der Waals surface area contributed by atoms with Crippen molar-refractivity contribution in [2.24, 2.45) is 0 Å². The molecular formula is C43H25N3O2. The van der Waals surface area contributed by atoms with Gasteiger partial charge in [0, 0.05) is 38.2 Å². The minimum atomic E-state index is 0.577. The number of furan rings is 2. The molecule has 0 aliphatic rings. The first-order valence-corrected chi connectivity index (χ1v) is 15.9. The molecule has 0 saturated heterocycles. The molecular weight excluding hydrogens is 590 g/mol. The molecule has 10 rings (SSSR count). The molecule has 0 spiro atoms. The Hall–Kier alpha value is -6.59. The van der Waals surface area contributed by atoms with Gasteiger partial charge in [0.05, 0.1) is 0 Å². The SMILES string of the molecule is c1ccc2cc(-c3ccc(-c4nc(-c5ccc6c(c5)oc5ccccc56)nc(-c5ccc6oc7ccccc7c6c5)n4)cc3)ccc2c1. The second-order valence-corrected chi connectivity index (χ2v) is 12.1. The van der Waals surface area contributed by atoms with Crippen LogP contribution in [0.4, 0.5) is 0 Å². The summed E-state index contributed by atoms with van der Waals surface area (Å²) in [6.07, 6.45) is 0. The Labute approximate surface area is 274 Å². The van der Waals surface area contributed by atoms with E-state index in [1.807, 2.05) is 54.6 Å². The molecule has 48 heavy (non-hydrogen) atoms. The maximum Gasteiger partial charge on any atom is 0.164 e. The fourth-order valence-corrected chi connectivity index (χ4v) is 6.67. The summed E-state index contributed by atoms with van der Waals surface area (Å²) in [5.74, 6) is 1.76. The lowest BCUT2D eigenvalue weighted by Gasteiger charge is -2.10. The van der Waals surface area contributed by atoms with E-state index in [-0.39, 0.29) is 0 Å². The van der Waals surface area contributed by atoms with Crippen LogP contribution in [0.5, 0.6) is 0 Å². The van der Waals surface area contributed by atoms with Gasteiger partial charge in [-0.3, -0.25) is 0 Å². The number of hydrogen-bond donors (Lipinski definition) is 0. The number of hydrogen-bond acceptors (Lipinski definition) is 5. The molecule has 0 fully saturated rings. The van der Waals surface area contributed by atoms with Crippen molar-refractivity contribution in [1.82, 2.24) is 15.0 Å². The topological polar surface area (TPSA) is 65.0 Å². The first-order valence-electron chi connectivity index (χ1n) is 15.9. The van der Waals surface area contributed by atoms with Gasteiger partial charge in [-0.25, -0.2) is 15.0 Å². The lowest BCUT2D eigenvalue weighted by atomic mass is 10.00. The van der Waals surface area contributed by atoms with Crippen LogP contribution in [0.3, 0.4) is 0 Å². The van der Waals surface area contributed by atoms with E-state index in [0.717, 1.165) is 71.7 Å². The Morgan fingerprint density at radius 1 is 0.292 bits per heavy atom. The zero-order chi connectivity index (χ0) is 31.6. The van der Waals surface area contributed by atoms with Gasteiger partial charge in [-0.15, -0.1) is 0 Å². The van der Waals surface area contributed by atoms with Crippen LogP contribution in [0.25, 0.3) is 99.9 Å². The first kappa shape index (κ1) is 26.6. The van der Waals surface area contributed by atoms with E-state index in [0.29, 0.717) is 17.5 Å². The molecule has 0 amide bonds. The standard InChI is InChI=1S/C43H25N3O2/c1-2-8-29-23-30(18-15-26(29)7-1)27-13-16-28(17-14-27)41-44-42(31-20-22-39-36(24-31)34-10-4-6-12-38(34)47-39)46-43(45-41)32-19-21-35-33-9-3-5-11-37(33)48-40(35)25-32/h1-25H. The van der Waals surface area contributed by atoms with Crippen LogP contribution in [0.1, 0.15) is 0 Å². The summed E-state index contributed by atoms with van der Waals surface area (Å²) in [5.41, 5.74) is 8.27. The molecule has 0 aliphatic heterocycles. The summed E-state index contributed by atoms with van der Waals surface area (Å²) >= 11 is 0. The van der Waals surface area contributed by atoms with E-state index in [9.17, 15) is 0 Å².